The Morgan fingerprint density at radius 3 is 1.35 bits per heavy atom. The van der Waals surface area contributed by atoms with Gasteiger partial charge in [-0.2, -0.15) is 0 Å². The van der Waals surface area contributed by atoms with Gasteiger partial charge >= 0.3 is 0 Å². The summed E-state index contributed by atoms with van der Waals surface area (Å²) in [6.45, 7) is 11.1. The van der Waals surface area contributed by atoms with Gasteiger partial charge in [0.05, 0.1) is 10.8 Å². The topological polar surface area (TPSA) is 34.1 Å². The molecule has 0 saturated heterocycles. The van der Waals surface area contributed by atoms with E-state index in [0.717, 1.165) is 29.3 Å². The predicted molar refractivity (Wildman–Crippen MR) is 265 cm³/mol. The Labute approximate surface area is 380 Å². The normalized spacial score (nSPS) is 16.9. The lowest BCUT2D eigenvalue weighted by Gasteiger charge is -2.34. The first kappa shape index (κ1) is 39.0. The van der Waals surface area contributed by atoms with Crippen LogP contribution in [0.3, 0.4) is 0 Å². The molecule has 0 amide bonds. The summed E-state index contributed by atoms with van der Waals surface area (Å²) < 4.78 is 0. The number of benzene rings is 9. The van der Waals surface area contributed by atoms with Crippen LogP contribution in [-0.4, -0.2) is 12.6 Å². The molecule has 0 bridgehead atoms. The van der Waals surface area contributed by atoms with E-state index in [2.05, 4.69) is 186 Å². The molecule has 0 aliphatic heterocycles. The molecule has 0 radical (unpaired) electrons. The molecule has 2 heteroatoms. The summed E-state index contributed by atoms with van der Waals surface area (Å²) in [5.74, 6) is 0. The SMILES string of the molecule is Cc1ccc(C2(c3ccc(C=O)cc3)c3cc(C)ccc3-c3c(-c4cc(C)cc5c4-c4ccc(C)cc4C54c5ccccc5-c5cc(-c6ccc(C=O)cc6)ccc54)cc(C)cc32)cc1. The summed E-state index contributed by atoms with van der Waals surface area (Å²) in [6, 6.07) is 65.1. The van der Waals surface area contributed by atoms with Crippen molar-refractivity contribution in [3.8, 4) is 55.6 Å². The van der Waals surface area contributed by atoms with Crippen LogP contribution >= 0.6 is 0 Å². The van der Waals surface area contributed by atoms with Crippen molar-refractivity contribution in [1.82, 2.24) is 0 Å². The van der Waals surface area contributed by atoms with Crippen molar-refractivity contribution in [2.45, 2.75) is 45.4 Å². The van der Waals surface area contributed by atoms with Gasteiger partial charge in [-0.3, -0.25) is 9.59 Å². The van der Waals surface area contributed by atoms with Crippen molar-refractivity contribution in [2.24, 2.45) is 0 Å². The number of hydrogen-bond donors (Lipinski definition) is 0. The third-order valence-electron chi connectivity index (χ3n) is 14.7. The Kier molecular flexibility index (Phi) is 8.49. The van der Waals surface area contributed by atoms with Gasteiger partial charge in [-0.25, -0.2) is 0 Å². The second kappa shape index (κ2) is 14.2. The zero-order valence-electron chi connectivity index (χ0n) is 37.2. The van der Waals surface area contributed by atoms with Crippen LogP contribution < -0.4 is 0 Å². The van der Waals surface area contributed by atoms with E-state index in [4.69, 9.17) is 0 Å². The molecule has 9 aromatic rings. The van der Waals surface area contributed by atoms with E-state index in [-0.39, 0.29) is 0 Å². The number of aryl methyl sites for hydroxylation is 5. The fraction of sp³-hybridized carbons (Fsp3) is 0.111. The van der Waals surface area contributed by atoms with Gasteiger partial charge in [-0.1, -0.05) is 198 Å². The summed E-state index contributed by atoms with van der Waals surface area (Å²) in [5.41, 5.74) is 28.5. The molecule has 9 aromatic carbocycles. The summed E-state index contributed by atoms with van der Waals surface area (Å²) in [5, 5.41) is 0. The maximum atomic E-state index is 12.1. The Hall–Kier alpha value is -7.68. The van der Waals surface area contributed by atoms with E-state index in [1.54, 1.807) is 0 Å². The summed E-state index contributed by atoms with van der Waals surface area (Å²) in [4.78, 5) is 23.6. The van der Waals surface area contributed by atoms with Crippen molar-refractivity contribution in [2.75, 3.05) is 0 Å². The number of carbonyl (C=O) groups excluding carboxylic acids is 2. The molecule has 310 valence electrons. The first-order valence-corrected chi connectivity index (χ1v) is 22.6. The van der Waals surface area contributed by atoms with E-state index in [1.165, 1.54) is 111 Å². The molecule has 65 heavy (non-hydrogen) atoms. The van der Waals surface area contributed by atoms with Crippen LogP contribution in [0.1, 0.15) is 93.0 Å². The first-order valence-electron chi connectivity index (χ1n) is 22.6. The molecule has 0 fully saturated rings. The lowest BCUT2D eigenvalue weighted by molar-refractivity contribution is 0.111. The van der Waals surface area contributed by atoms with Gasteiger partial charge in [-0.15, -0.1) is 0 Å². The predicted octanol–water partition coefficient (Wildman–Crippen LogP) is 14.9. The maximum Gasteiger partial charge on any atom is 0.150 e. The Bertz CT molecular complexity index is 3500. The number of rotatable bonds is 6. The van der Waals surface area contributed by atoms with Crippen LogP contribution in [0.15, 0.2) is 176 Å². The Morgan fingerprint density at radius 1 is 0.308 bits per heavy atom. The zero-order valence-corrected chi connectivity index (χ0v) is 37.2. The molecular formula is C63H46O2. The molecule has 2 nitrogen and oxygen atoms in total. The van der Waals surface area contributed by atoms with Gasteiger partial charge in [0.15, 0.2) is 0 Å². The minimum Gasteiger partial charge on any atom is -0.298 e. The smallest absolute Gasteiger partial charge is 0.150 e. The quantitative estimate of drug-likeness (QED) is 0.156. The number of aldehydes is 2. The molecule has 0 aromatic heterocycles. The van der Waals surface area contributed by atoms with Crippen LogP contribution in [0.25, 0.3) is 55.6 Å². The van der Waals surface area contributed by atoms with E-state index in [1.807, 2.05) is 24.3 Å². The highest BCUT2D eigenvalue weighted by molar-refractivity contribution is 6.05. The number of carbonyl (C=O) groups is 2. The second-order valence-corrected chi connectivity index (χ2v) is 18.7. The van der Waals surface area contributed by atoms with Gasteiger partial charge in [0.1, 0.15) is 12.6 Å². The van der Waals surface area contributed by atoms with Gasteiger partial charge in [0.25, 0.3) is 0 Å². The standard InChI is InChI=1S/C63H46O2/c1-37-10-21-46(22-11-37)62(47-23-16-43(36-65)17-24-47)56-30-38(2)12-25-49(56)60-52(28-40(4)32-58(60)62)53-29-41(5)33-59-61(53)50-26-13-39(3)31-57(50)63(59)54-9-7-6-8-48(54)51-34-45(20-27-55(51)63)44-18-14-42(35-64)15-19-44/h6-36H,1-5H3. The number of hydrogen-bond acceptors (Lipinski definition) is 2. The van der Waals surface area contributed by atoms with Crippen LogP contribution in [0.5, 0.6) is 0 Å². The summed E-state index contributed by atoms with van der Waals surface area (Å²) in [6.07, 6.45) is 1.84. The summed E-state index contributed by atoms with van der Waals surface area (Å²) >= 11 is 0. The lowest BCUT2D eigenvalue weighted by atomic mass is 9.67. The van der Waals surface area contributed by atoms with Crippen LogP contribution in [-0.2, 0) is 10.8 Å². The molecule has 1 spiro atoms. The minimum absolute atomic E-state index is 0.544. The third kappa shape index (κ3) is 5.35. The van der Waals surface area contributed by atoms with Gasteiger partial charge in [0.2, 0.25) is 0 Å². The zero-order chi connectivity index (χ0) is 44.4. The van der Waals surface area contributed by atoms with Crippen molar-refractivity contribution in [1.29, 1.82) is 0 Å². The highest BCUT2D eigenvalue weighted by Crippen LogP contribution is 2.66. The van der Waals surface area contributed by atoms with E-state index < -0.39 is 10.8 Å². The minimum atomic E-state index is -0.635. The lowest BCUT2D eigenvalue weighted by Crippen LogP contribution is -2.29. The van der Waals surface area contributed by atoms with Crippen LogP contribution in [0.2, 0.25) is 0 Å². The van der Waals surface area contributed by atoms with Gasteiger partial charge in [-0.05, 0) is 141 Å². The van der Waals surface area contributed by atoms with Gasteiger partial charge < -0.3 is 0 Å². The molecule has 0 saturated carbocycles. The molecule has 2 atom stereocenters. The fourth-order valence-electron chi connectivity index (χ4n) is 12.0. The average molecular weight is 835 g/mol. The third-order valence-corrected chi connectivity index (χ3v) is 14.7. The van der Waals surface area contributed by atoms with Crippen molar-refractivity contribution >= 4 is 12.6 Å². The molecular weight excluding hydrogens is 789 g/mol. The highest BCUT2D eigenvalue weighted by Gasteiger charge is 2.53. The highest BCUT2D eigenvalue weighted by atomic mass is 16.1. The monoisotopic (exact) mass is 834 g/mol. The molecule has 3 aliphatic rings. The van der Waals surface area contributed by atoms with E-state index in [0.29, 0.717) is 11.1 Å². The van der Waals surface area contributed by atoms with Gasteiger partial charge in [0, 0.05) is 11.1 Å². The van der Waals surface area contributed by atoms with Crippen LogP contribution in [0, 0.1) is 34.6 Å². The maximum absolute atomic E-state index is 12.1. The average Bonchev–Trinajstić information content (AvgIpc) is 3.90. The molecule has 3 aliphatic carbocycles. The molecule has 12 rings (SSSR count). The Balaban J connectivity index is 1.18. The molecule has 0 N–H and O–H groups in total. The largest absolute Gasteiger partial charge is 0.298 e. The molecule has 0 heterocycles. The fourth-order valence-corrected chi connectivity index (χ4v) is 12.0. The summed E-state index contributed by atoms with van der Waals surface area (Å²) in [7, 11) is 0. The van der Waals surface area contributed by atoms with E-state index in [9.17, 15) is 9.59 Å². The Morgan fingerprint density at radius 2 is 0.769 bits per heavy atom. The first-order chi connectivity index (χ1) is 31.6. The van der Waals surface area contributed by atoms with Crippen molar-refractivity contribution in [3.05, 3.63) is 259 Å². The molecule has 2 unspecified atom stereocenters. The van der Waals surface area contributed by atoms with Crippen molar-refractivity contribution in [3.63, 3.8) is 0 Å². The van der Waals surface area contributed by atoms with Crippen LogP contribution in [0.4, 0.5) is 0 Å². The van der Waals surface area contributed by atoms with E-state index >= 15 is 0 Å². The number of fused-ring (bicyclic) bond motifs is 13. The van der Waals surface area contributed by atoms with Crippen molar-refractivity contribution < 1.29 is 9.59 Å². The second-order valence-electron chi connectivity index (χ2n) is 18.7.